The van der Waals surface area contributed by atoms with Crippen LogP contribution in [0.25, 0.3) is 0 Å². The second-order valence-corrected chi connectivity index (χ2v) is 5.14. The van der Waals surface area contributed by atoms with Crippen molar-refractivity contribution < 1.29 is 14.4 Å². The minimum atomic E-state index is -0.745. The number of carbonyl (C=O) groups is 3. The van der Waals surface area contributed by atoms with Crippen molar-refractivity contribution >= 4 is 17.7 Å². The molecule has 0 unspecified atom stereocenters. The Balaban J connectivity index is 2.24. The Hall–Kier alpha value is -1.39. The molecule has 2 aliphatic rings. The fraction of sp³-hybridized carbons (Fsp3) is 0.750. The van der Waals surface area contributed by atoms with Gasteiger partial charge in [-0.2, -0.15) is 0 Å². The molecule has 1 spiro atoms. The van der Waals surface area contributed by atoms with Gasteiger partial charge in [-0.1, -0.05) is 19.8 Å². The highest BCUT2D eigenvalue weighted by Gasteiger charge is 2.54. The van der Waals surface area contributed by atoms with Gasteiger partial charge in [-0.25, -0.2) is 4.79 Å². The van der Waals surface area contributed by atoms with Gasteiger partial charge in [-0.05, 0) is 25.7 Å². The van der Waals surface area contributed by atoms with Crippen molar-refractivity contribution in [1.82, 2.24) is 10.2 Å². The van der Waals surface area contributed by atoms with E-state index < -0.39 is 11.6 Å². The molecule has 0 aromatic heterocycles. The highest BCUT2D eigenvalue weighted by molar-refractivity contribution is 6.09. The summed E-state index contributed by atoms with van der Waals surface area (Å²) in [6, 6.07) is -0.418. The molecular formula is C12H18N2O3. The van der Waals surface area contributed by atoms with Crippen LogP contribution in [0.5, 0.6) is 0 Å². The summed E-state index contributed by atoms with van der Waals surface area (Å²) in [4.78, 5) is 36.2. The first kappa shape index (κ1) is 12.1. The van der Waals surface area contributed by atoms with E-state index in [0.717, 1.165) is 24.2 Å². The monoisotopic (exact) mass is 238 g/mol. The quantitative estimate of drug-likeness (QED) is 0.732. The average Bonchev–Trinajstić information content (AvgIpc) is 2.48. The zero-order chi connectivity index (χ0) is 12.6. The van der Waals surface area contributed by atoms with E-state index in [1.54, 1.807) is 0 Å². The van der Waals surface area contributed by atoms with Gasteiger partial charge < -0.3 is 5.32 Å². The predicted octanol–water partition coefficient (Wildman–Crippen LogP) is 1.08. The van der Waals surface area contributed by atoms with Gasteiger partial charge in [0.2, 0.25) is 0 Å². The molecule has 2 atom stereocenters. The molecular weight excluding hydrogens is 220 g/mol. The zero-order valence-corrected chi connectivity index (χ0v) is 10.3. The second kappa shape index (κ2) is 4.13. The van der Waals surface area contributed by atoms with Crippen LogP contribution in [0, 0.1) is 5.92 Å². The molecule has 0 radical (unpaired) electrons. The first-order chi connectivity index (χ1) is 7.97. The van der Waals surface area contributed by atoms with Crippen LogP contribution < -0.4 is 5.32 Å². The van der Waals surface area contributed by atoms with Crippen LogP contribution in [-0.4, -0.2) is 34.7 Å². The number of urea groups is 1. The molecule has 1 heterocycles. The highest BCUT2D eigenvalue weighted by atomic mass is 16.2. The van der Waals surface area contributed by atoms with Crippen LogP contribution in [0.3, 0.4) is 0 Å². The molecule has 2 fully saturated rings. The van der Waals surface area contributed by atoms with Crippen molar-refractivity contribution in [2.24, 2.45) is 5.92 Å². The molecule has 0 aromatic carbocycles. The third kappa shape index (κ3) is 1.83. The van der Waals surface area contributed by atoms with Crippen molar-refractivity contribution in [3.05, 3.63) is 0 Å². The van der Waals surface area contributed by atoms with Crippen LogP contribution in [0.2, 0.25) is 0 Å². The van der Waals surface area contributed by atoms with E-state index in [1.165, 1.54) is 6.92 Å². The smallest absolute Gasteiger partial charge is 0.323 e. The summed E-state index contributed by atoms with van der Waals surface area (Å²) in [5.41, 5.74) is -0.745. The molecule has 1 saturated carbocycles. The number of carbonyl (C=O) groups excluding carboxylic acids is 3. The topological polar surface area (TPSA) is 66.5 Å². The summed E-state index contributed by atoms with van der Waals surface area (Å²) in [6.07, 6.45) is 3.68. The summed E-state index contributed by atoms with van der Waals surface area (Å²) < 4.78 is 0. The van der Waals surface area contributed by atoms with Crippen LogP contribution in [-0.2, 0) is 9.59 Å². The lowest BCUT2D eigenvalue weighted by Gasteiger charge is -2.36. The first-order valence-corrected chi connectivity index (χ1v) is 6.11. The van der Waals surface area contributed by atoms with Crippen molar-refractivity contribution in [2.45, 2.75) is 45.1 Å². The number of ketones is 1. The molecule has 1 saturated heterocycles. The van der Waals surface area contributed by atoms with Crippen LogP contribution in [0.1, 0.15) is 39.5 Å². The number of amides is 3. The number of rotatable bonds is 2. The summed E-state index contributed by atoms with van der Waals surface area (Å²) in [6.45, 7) is 3.27. The molecule has 5 heteroatoms. The third-order valence-electron chi connectivity index (χ3n) is 3.88. The predicted molar refractivity (Wildman–Crippen MR) is 61.3 cm³/mol. The van der Waals surface area contributed by atoms with Crippen molar-refractivity contribution in [3.63, 3.8) is 0 Å². The number of hydrogen-bond acceptors (Lipinski definition) is 3. The normalized spacial score (nSPS) is 33.1. The largest absolute Gasteiger partial charge is 0.325 e. The Morgan fingerprint density at radius 1 is 1.47 bits per heavy atom. The van der Waals surface area contributed by atoms with E-state index in [-0.39, 0.29) is 24.2 Å². The number of nitrogens with one attached hydrogen (secondary N) is 1. The van der Waals surface area contributed by atoms with Crippen LogP contribution in [0.15, 0.2) is 0 Å². The van der Waals surface area contributed by atoms with Gasteiger partial charge in [-0.3, -0.25) is 14.5 Å². The minimum absolute atomic E-state index is 0.112. The van der Waals surface area contributed by atoms with E-state index in [2.05, 4.69) is 5.32 Å². The molecule has 3 amide bonds. The van der Waals surface area contributed by atoms with Crippen LogP contribution >= 0.6 is 0 Å². The Morgan fingerprint density at radius 3 is 2.76 bits per heavy atom. The fourth-order valence-electron chi connectivity index (χ4n) is 2.86. The van der Waals surface area contributed by atoms with Gasteiger partial charge in [0.25, 0.3) is 5.91 Å². The molecule has 94 valence electrons. The zero-order valence-electron chi connectivity index (χ0n) is 10.3. The molecule has 0 aromatic rings. The molecule has 1 aliphatic heterocycles. The van der Waals surface area contributed by atoms with Gasteiger partial charge in [0.05, 0.1) is 6.54 Å². The van der Waals surface area contributed by atoms with E-state index in [0.29, 0.717) is 6.42 Å². The van der Waals surface area contributed by atoms with Crippen molar-refractivity contribution in [2.75, 3.05) is 6.54 Å². The first-order valence-electron chi connectivity index (χ1n) is 6.11. The van der Waals surface area contributed by atoms with Crippen LogP contribution in [0.4, 0.5) is 4.79 Å². The van der Waals surface area contributed by atoms with Gasteiger partial charge in [0, 0.05) is 0 Å². The van der Waals surface area contributed by atoms with Gasteiger partial charge >= 0.3 is 6.03 Å². The van der Waals surface area contributed by atoms with E-state index in [1.807, 2.05) is 6.92 Å². The van der Waals surface area contributed by atoms with E-state index >= 15 is 0 Å². The second-order valence-electron chi connectivity index (χ2n) is 5.14. The highest BCUT2D eigenvalue weighted by Crippen LogP contribution is 2.37. The average molecular weight is 238 g/mol. The summed E-state index contributed by atoms with van der Waals surface area (Å²) in [5, 5.41) is 2.81. The summed E-state index contributed by atoms with van der Waals surface area (Å²) >= 11 is 0. The maximum Gasteiger partial charge on any atom is 0.325 e. The molecule has 1 aliphatic carbocycles. The third-order valence-corrected chi connectivity index (χ3v) is 3.88. The lowest BCUT2D eigenvalue weighted by molar-refractivity contribution is -0.136. The lowest BCUT2D eigenvalue weighted by atomic mass is 9.73. The number of Topliss-reactive ketones (excluding diaryl/α,β-unsaturated/α-hetero) is 1. The Labute approximate surface area is 101 Å². The Morgan fingerprint density at radius 2 is 2.18 bits per heavy atom. The van der Waals surface area contributed by atoms with Crippen molar-refractivity contribution in [3.8, 4) is 0 Å². The minimum Gasteiger partial charge on any atom is -0.323 e. The van der Waals surface area contributed by atoms with Crippen molar-refractivity contribution in [1.29, 1.82) is 0 Å². The number of imide groups is 1. The van der Waals surface area contributed by atoms with Gasteiger partial charge in [-0.15, -0.1) is 0 Å². The molecule has 2 rings (SSSR count). The fourth-order valence-corrected chi connectivity index (χ4v) is 2.86. The van der Waals surface area contributed by atoms with Gasteiger partial charge in [0.15, 0.2) is 0 Å². The summed E-state index contributed by atoms with van der Waals surface area (Å²) in [7, 11) is 0. The Bertz CT molecular complexity index is 380. The maximum atomic E-state index is 12.3. The summed E-state index contributed by atoms with van der Waals surface area (Å²) in [5.74, 6) is -0.247. The molecule has 5 nitrogen and oxygen atoms in total. The van der Waals surface area contributed by atoms with E-state index in [4.69, 9.17) is 0 Å². The molecule has 17 heavy (non-hydrogen) atoms. The maximum absolute atomic E-state index is 12.3. The van der Waals surface area contributed by atoms with Gasteiger partial charge in [0.1, 0.15) is 11.3 Å². The van der Waals surface area contributed by atoms with E-state index in [9.17, 15) is 14.4 Å². The lowest BCUT2D eigenvalue weighted by Crippen LogP contribution is -2.54. The number of nitrogens with zero attached hydrogens (tertiary/aromatic N) is 1. The Kier molecular flexibility index (Phi) is 2.93. The molecule has 0 bridgehead atoms. The SMILES string of the molecule is CC(=O)CN1C(=O)N[C@]2(CCCC[C@H]2C)C1=O. The molecule has 1 N–H and O–H groups in total. The number of hydrogen-bond donors (Lipinski definition) is 1. The standard InChI is InChI=1S/C12H18N2O3/c1-8-5-3-4-6-12(8)10(16)14(7-9(2)15)11(17)13-12/h8H,3-7H2,1-2H3,(H,13,17)/t8-,12+/m1/s1.